The number of hydrogen-bond donors (Lipinski definition) is 1. The zero-order chi connectivity index (χ0) is 20.1. The van der Waals surface area contributed by atoms with E-state index in [9.17, 15) is 14.4 Å². The van der Waals surface area contributed by atoms with E-state index in [1.165, 1.54) is 6.92 Å². The van der Waals surface area contributed by atoms with Crippen LogP contribution in [0.2, 0.25) is 0 Å². The van der Waals surface area contributed by atoms with Gasteiger partial charge in [0.2, 0.25) is 5.91 Å². The molecule has 146 valence electrons. The van der Waals surface area contributed by atoms with Gasteiger partial charge in [-0.15, -0.1) is 0 Å². The van der Waals surface area contributed by atoms with Gasteiger partial charge in [-0.25, -0.2) is 0 Å². The Kier molecular flexibility index (Phi) is 6.09. The van der Waals surface area contributed by atoms with Crippen molar-refractivity contribution in [3.05, 3.63) is 65.2 Å². The maximum Gasteiger partial charge on any atom is 0.303 e. The Labute approximate surface area is 164 Å². The molecule has 2 aromatic carbocycles. The van der Waals surface area contributed by atoms with Crippen molar-refractivity contribution in [3.8, 4) is 0 Å². The standard InChI is InChI=1S/C22H24N2O4/c1-16(25)24-13-11-18-14-19(9-10-20(18)24)22(28)23(12-5-8-21(26)27)15-17-6-3-2-4-7-17/h2-4,6-7,9-10,14H,5,8,11-13,15H2,1H3,(H,26,27). The molecule has 0 spiro atoms. The highest BCUT2D eigenvalue weighted by Crippen LogP contribution is 2.29. The minimum absolute atomic E-state index is 0.00259. The third-order valence-corrected chi connectivity index (χ3v) is 4.92. The van der Waals surface area contributed by atoms with Crippen molar-refractivity contribution in [1.82, 2.24) is 4.90 Å². The van der Waals surface area contributed by atoms with Crippen molar-refractivity contribution in [3.63, 3.8) is 0 Å². The Morgan fingerprint density at radius 1 is 1.11 bits per heavy atom. The van der Waals surface area contributed by atoms with Crippen LogP contribution in [-0.2, 0) is 22.6 Å². The van der Waals surface area contributed by atoms with E-state index in [1.807, 2.05) is 42.5 Å². The van der Waals surface area contributed by atoms with Crippen LogP contribution >= 0.6 is 0 Å². The van der Waals surface area contributed by atoms with Crippen LogP contribution in [0.5, 0.6) is 0 Å². The van der Waals surface area contributed by atoms with Crippen LogP contribution in [0.4, 0.5) is 5.69 Å². The van der Waals surface area contributed by atoms with Crippen molar-refractivity contribution in [1.29, 1.82) is 0 Å². The number of anilines is 1. The first-order valence-electron chi connectivity index (χ1n) is 9.41. The van der Waals surface area contributed by atoms with Crippen LogP contribution in [-0.4, -0.2) is 40.9 Å². The summed E-state index contributed by atoms with van der Waals surface area (Å²) in [5.74, 6) is -0.996. The lowest BCUT2D eigenvalue weighted by Gasteiger charge is -2.23. The van der Waals surface area contributed by atoms with Gasteiger partial charge in [0.05, 0.1) is 0 Å². The molecule has 0 fully saturated rings. The summed E-state index contributed by atoms with van der Waals surface area (Å²) in [6.45, 7) is 2.97. The van der Waals surface area contributed by atoms with Crippen molar-refractivity contribution in [2.75, 3.05) is 18.0 Å². The van der Waals surface area contributed by atoms with Crippen LogP contribution in [0, 0.1) is 0 Å². The molecular weight excluding hydrogens is 356 g/mol. The largest absolute Gasteiger partial charge is 0.481 e. The number of rotatable bonds is 7. The minimum Gasteiger partial charge on any atom is -0.481 e. The first-order valence-corrected chi connectivity index (χ1v) is 9.41. The van der Waals surface area contributed by atoms with Gasteiger partial charge < -0.3 is 14.9 Å². The molecule has 0 radical (unpaired) electrons. The van der Waals surface area contributed by atoms with E-state index in [2.05, 4.69) is 0 Å². The van der Waals surface area contributed by atoms with Gasteiger partial charge in [0.15, 0.2) is 0 Å². The Morgan fingerprint density at radius 2 is 1.86 bits per heavy atom. The minimum atomic E-state index is -0.867. The Balaban J connectivity index is 1.80. The summed E-state index contributed by atoms with van der Waals surface area (Å²) in [5, 5.41) is 8.91. The predicted molar refractivity (Wildman–Crippen MR) is 106 cm³/mol. The molecule has 1 aliphatic heterocycles. The molecule has 1 aliphatic rings. The van der Waals surface area contributed by atoms with Gasteiger partial charge in [0.25, 0.3) is 5.91 Å². The number of carbonyl (C=O) groups excluding carboxylic acids is 2. The zero-order valence-corrected chi connectivity index (χ0v) is 15.9. The van der Waals surface area contributed by atoms with E-state index in [-0.39, 0.29) is 18.2 Å². The van der Waals surface area contributed by atoms with E-state index >= 15 is 0 Å². The molecule has 0 saturated heterocycles. The van der Waals surface area contributed by atoms with E-state index in [4.69, 9.17) is 5.11 Å². The smallest absolute Gasteiger partial charge is 0.303 e. The summed E-state index contributed by atoms with van der Waals surface area (Å²) < 4.78 is 0. The van der Waals surface area contributed by atoms with Crippen molar-refractivity contribution in [2.24, 2.45) is 0 Å². The molecule has 6 heteroatoms. The van der Waals surface area contributed by atoms with Gasteiger partial charge in [-0.1, -0.05) is 30.3 Å². The van der Waals surface area contributed by atoms with E-state index in [0.717, 1.165) is 23.2 Å². The molecule has 1 N–H and O–H groups in total. The van der Waals surface area contributed by atoms with E-state index in [1.54, 1.807) is 15.9 Å². The van der Waals surface area contributed by atoms with Crippen LogP contribution in [0.3, 0.4) is 0 Å². The summed E-state index contributed by atoms with van der Waals surface area (Å²) in [6, 6.07) is 15.1. The molecular formula is C22H24N2O4. The second-order valence-electron chi connectivity index (χ2n) is 6.97. The molecule has 28 heavy (non-hydrogen) atoms. The van der Waals surface area contributed by atoms with Gasteiger partial charge >= 0.3 is 5.97 Å². The molecule has 0 bridgehead atoms. The first-order chi connectivity index (χ1) is 13.5. The third-order valence-electron chi connectivity index (χ3n) is 4.92. The first kappa shape index (κ1) is 19.6. The Bertz CT molecular complexity index is 879. The lowest BCUT2D eigenvalue weighted by atomic mass is 10.1. The highest BCUT2D eigenvalue weighted by molar-refractivity contribution is 5.97. The fraction of sp³-hybridized carbons (Fsp3) is 0.318. The molecule has 0 aromatic heterocycles. The molecule has 2 aromatic rings. The second-order valence-corrected chi connectivity index (χ2v) is 6.97. The summed E-state index contributed by atoms with van der Waals surface area (Å²) in [5.41, 5.74) is 3.42. The number of hydrogen-bond acceptors (Lipinski definition) is 3. The summed E-state index contributed by atoms with van der Waals surface area (Å²) >= 11 is 0. The Hall–Kier alpha value is -3.15. The average Bonchev–Trinajstić information content (AvgIpc) is 3.10. The molecule has 1 heterocycles. The SMILES string of the molecule is CC(=O)N1CCc2cc(C(=O)N(CCCC(=O)O)Cc3ccccc3)ccc21. The average molecular weight is 380 g/mol. The molecule has 0 saturated carbocycles. The number of amides is 2. The van der Waals surface area contributed by atoms with Gasteiger partial charge in [-0.2, -0.15) is 0 Å². The van der Waals surface area contributed by atoms with Crippen LogP contribution in [0.15, 0.2) is 48.5 Å². The summed E-state index contributed by atoms with van der Waals surface area (Å²) in [6.07, 6.45) is 1.15. The molecule has 0 unspecified atom stereocenters. The third kappa shape index (κ3) is 4.57. The molecule has 3 rings (SSSR count). The maximum atomic E-state index is 13.1. The van der Waals surface area contributed by atoms with Gasteiger partial charge in [-0.3, -0.25) is 14.4 Å². The number of fused-ring (bicyclic) bond motifs is 1. The highest BCUT2D eigenvalue weighted by Gasteiger charge is 2.24. The molecule has 6 nitrogen and oxygen atoms in total. The predicted octanol–water partition coefficient (Wildman–Crippen LogP) is 3.10. The number of benzene rings is 2. The lowest BCUT2D eigenvalue weighted by molar-refractivity contribution is -0.137. The second kappa shape index (κ2) is 8.69. The monoisotopic (exact) mass is 380 g/mol. The normalized spacial score (nSPS) is 12.5. The number of carboxylic acid groups (broad SMARTS) is 1. The molecule has 2 amide bonds. The van der Waals surface area contributed by atoms with E-state index < -0.39 is 5.97 Å². The van der Waals surface area contributed by atoms with Crippen molar-refractivity contribution < 1.29 is 19.5 Å². The number of aliphatic carboxylic acids is 1. The summed E-state index contributed by atoms with van der Waals surface area (Å²) in [4.78, 5) is 39.1. The van der Waals surface area contributed by atoms with E-state index in [0.29, 0.717) is 31.6 Å². The highest BCUT2D eigenvalue weighted by atomic mass is 16.4. The topological polar surface area (TPSA) is 77.9 Å². The van der Waals surface area contributed by atoms with Gasteiger partial charge in [0, 0.05) is 44.2 Å². The molecule has 0 aliphatic carbocycles. The summed E-state index contributed by atoms with van der Waals surface area (Å²) in [7, 11) is 0. The van der Waals surface area contributed by atoms with Crippen molar-refractivity contribution in [2.45, 2.75) is 32.7 Å². The fourth-order valence-corrected chi connectivity index (χ4v) is 3.52. The van der Waals surface area contributed by atoms with Gasteiger partial charge in [-0.05, 0) is 42.2 Å². The zero-order valence-electron chi connectivity index (χ0n) is 15.9. The maximum absolute atomic E-state index is 13.1. The fourth-order valence-electron chi connectivity index (χ4n) is 3.52. The van der Waals surface area contributed by atoms with Crippen LogP contribution < -0.4 is 4.90 Å². The quantitative estimate of drug-likeness (QED) is 0.801. The van der Waals surface area contributed by atoms with Gasteiger partial charge in [0.1, 0.15) is 0 Å². The Morgan fingerprint density at radius 3 is 2.54 bits per heavy atom. The lowest BCUT2D eigenvalue weighted by Crippen LogP contribution is -2.32. The van der Waals surface area contributed by atoms with Crippen molar-refractivity contribution >= 4 is 23.5 Å². The number of carboxylic acids is 1. The number of carbonyl (C=O) groups is 3. The number of nitrogens with zero attached hydrogens (tertiary/aromatic N) is 2. The van der Waals surface area contributed by atoms with Crippen LogP contribution in [0.25, 0.3) is 0 Å². The molecule has 0 atom stereocenters. The van der Waals surface area contributed by atoms with Crippen LogP contribution in [0.1, 0.15) is 41.3 Å².